The number of rotatable bonds is 4. The maximum absolute atomic E-state index is 13.4. The highest BCUT2D eigenvalue weighted by molar-refractivity contribution is 5.85. The fourth-order valence-electron chi connectivity index (χ4n) is 1.78. The van der Waals surface area contributed by atoms with Crippen molar-refractivity contribution < 1.29 is 18.7 Å². The standard InChI is InChI=1S/C14H17FN2O3/c1-9(20-12-8-3-2-7-11(12)15)13(18)16-17-14(19)10-5-4-6-10/h2-3,7-10H,4-6H2,1H3,(H,16,18)(H,17,19)/t9-/m0/s1. The van der Waals surface area contributed by atoms with Crippen molar-refractivity contribution in [3.8, 4) is 5.75 Å². The molecule has 1 aromatic carbocycles. The van der Waals surface area contributed by atoms with Gasteiger partial charge in [-0.15, -0.1) is 0 Å². The first-order valence-electron chi connectivity index (χ1n) is 6.59. The lowest BCUT2D eigenvalue weighted by molar-refractivity contribution is -0.135. The number of hydrazine groups is 1. The lowest BCUT2D eigenvalue weighted by atomic mass is 9.85. The van der Waals surface area contributed by atoms with E-state index in [4.69, 9.17) is 4.74 Å². The van der Waals surface area contributed by atoms with Crippen LogP contribution >= 0.6 is 0 Å². The fourth-order valence-corrected chi connectivity index (χ4v) is 1.78. The topological polar surface area (TPSA) is 67.4 Å². The van der Waals surface area contributed by atoms with Gasteiger partial charge in [-0.3, -0.25) is 20.4 Å². The predicted molar refractivity (Wildman–Crippen MR) is 70.1 cm³/mol. The first kappa shape index (κ1) is 14.3. The Bertz CT molecular complexity index is 503. The first-order chi connectivity index (χ1) is 9.58. The number of halogens is 1. The molecule has 2 N–H and O–H groups in total. The summed E-state index contributed by atoms with van der Waals surface area (Å²) in [6, 6.07) is 5.83. The molecule has 1 saturated carbocycles. The second kappa shape index (κ2) is 6.36. The second-order valence-corrected chi connectivity index (χ2v) is 4.80. The van der Waals surface area contributed by atoms with E-state index in [-0.39, 0.29) is 17.6 Å². The summed E-state index contributed by atoms with van der Waals surface area (Å²) >= 11 is 0. The average molecular weight is 280 g/mol. The van der Waals surface area contributed by atoms with Crippen molar-refractivity contribution in [3.63, 3.8) is 0 Å². The van der Waals surface area contributed by atoms with E-state index in [0.29, 0.717) is 0 Å². The highest BCUT2D eigenvalue weighted by Gasteiger charge is 2.26. The van der Waals surface area contributed by atoms with Gasteiger partial charge in [0.05, 0.1) is 0 Å². The number of hydrogen-bond acceptors (Lipinski definition) is 3. The van der Waals surface area contributed by atoms with Crippen LogP contribution < -0.4 is 15.6 Å². The number of carbonyl (C=O) groups is 2. The number of hydrogen-bond donors (Lipinski definition) is 2. The molecular weight excluding hydrogens is 263 g/mol. The van der Waals surface area contributed by atoms with E-state index >= 15 is 0 Å². The van der Waals surface area contributed by atoms with Crippen LogP contribution in [0, 0.1) is 11.7 Å². The van der Waals surface area contributed by atoms with E-state index in [1.165, 1.54) is 25.1 Å². The minimum absolute atomic E-state index is 0.000435. The molecule has 0 spiro atoms. The van der Waals surface area contributed by atoms with Crippen LogP contribution in [0.2, 0.25) is 0 Å². The van der Waals surface area contributed by atoms with E-state index < -0.39 is 17.8 Å². The molecule has 1 aromatic rings. The molecule has 108 valence electrons. The van der Waals surface area contributed by atoms with Gasteiger partial charge in [0.2, 0.25) is 5.91 Å². The van der Waals surface area contributed by atoms with Crippen LogP contribution in [0.4, 0.5) is 4.39 Å². The third kappa shape index (κ3) is 3.46. The van der Waals surface area contributed by atoms with E-state index in [1.807, 2.05) is 0 Å². The molecule has 20 heavy (non-hydrogen) atoms. The quantitative estimate of drug-likeness (QED) is 0.822. The Kier molecular flexibility index (Phi) is 4.55. The van der Waals surface area contributed by atoms with Crippen LogP contribution in [-0.2, 0) is 9.59 Å². The van der Waals surface area contributed by atoms with Gasteiger partial charge in [-0.05, 0) is 31.9 Å². The van der Waals surface area contributed by atoms with Crippen LogP contribution in [-0.4, -0.2) is 17.9 Å². The van der Waals surface area contributed by atoms with Crippen LogP contribution in [0.3, 0.4) is 0 Å². The van der Waals surface area contributed by atoms with Crippen molar-refractivity contribution in [1.29, 1.82) is 0 Å². The fraction of sp³-hybridized carbons (Fsp3) is 0.429. The van der Waals surface area contributed by atoms with Crippen molar-refractivity contribution in [3.05, 3.63) is 30.1 Å². The molecule has 2 amide bonds. The van der Waals surface area contributed by atoms with Gasteiger partial charge >= 0.3 is 0 Å². The molecule has 0 aromatic heterocycles. The largest absolute Gasteiger partial charge is 0.478 e. The lowest BCUT2D eigenvalue weighted by Crippen LogP contribution is -2.49. The SMILES string of the molecule is C[C@H](Oc1ccccc1F)C(=O)NNC(=O)C1CCC1. The molecule has 0 aliphatic heterocycles. The Balaban J connectivity index is 1.80. The number of carbonyl (C=O) groups excluding carboxylic acids is 2. The minimum Gasteiger partial charge on any atom is -0.478 e. The van der Waals surface area contributed by atoms with Crippen LogP contribution in [0.5, 0.6) is 5.75 Å². The molecule has 1 atom stereocenters. The summed E-state index contributed by atoms with van der Waals surface area (Å²) in [5.41, 5.74) is 4.64. The normalized spacial score (nSPS) is 15.9. The summed E-state index contributed by atoms with van der Waals surface area (Å²) in [7, 11) is 0. The molecule has 6 heteroatoms. The smallest absolute Gasteiger partial charge is 0.279 e. The second-order valence-electron chi connectivity index (χ2n) is 4.80. The summed E-state index contributed by atoms with van der Waals surface area (Å²) < 4.78 is 18.6. The van der Waals surface area contributed by atoms with Crippen molar-refractivity contribution in [2.75, 3.05) is 0 Å². The summed E-state index contributed by atoms with van der Waals surface area (Å²) in [6.07, 6.45) is 1.83. The summed E-state index contributed by atoms with van der Waals surface area (Å²) in [5, 5.41) is 0. The third-order valence-electron chi connectivity index (χ3n) is 3.29. The Labute approximate surface area is 116 Å². The van der Waals surface area contributed by atoms with Crippen molar-refractivity contribution >= 4 is 11.8 Å². The zero-order valence-electron chi connectivity index (χ0n) is 11.2. The molecular formula is C14H17FN2O3. The maximum atomic E-state index is 13.4. The maximum Gasteiger partial charge on any atom is 0.279 e. The first-order valence-corrected chi connectivity index (χ1v) is 6.59. The number of amides is 2. The van der Waals surface area contributed by atoms with Gasteiger partial charge in [-0.25, -0.2) is 4.39 Å². The van der Waals surface area contributed by atoms with Gasteiger partial charge in [-0.1, -0.05) is 18.6 Å². The highest BCUT2D eigenvalue weighted by atomic mass is 19.1. The Morgan fingerprint density at radius 2 is 2.00 bits per heavy atom. The number of ether oxygens (including phenoxy) is 1. The van der Waals surface area contributed by atoms with Gasteiger partial charge < -0.3 is 4.74 Å². The van der Waals surface area contributed by atoms with Gasteiger partial charge in [0, 0.05) is 5.92 Å². The van der Waals surface area contributed by atoms with Gasteiger partial charge in [0.1, 0.15) is 0 Å². The van der Waals surface area contributed by atoms with Crippen LogP contribution in [0.15, 0.2) is 24.3 Å². The van der Waals surface area contributed by atoms with E-state index in [9.17, 15) is 14.0 Å². The minimum atomic E-state index is -0.909. The Morgan fingerprint density at radius 1 is 1.30 bits per heavy atom. The Morgan fingerprint density at radius 3 is 2.60 bits per heavy atom. The predicted octanol–water partition coefficient (Wildman–Crippen LogP) is 1.54. The summed E-state index contributed by atoms with van der Waals surface area (Å²) in [6.45, 7) is 1.48. The van der Waals surface area contributed by atoms with Crippen molar-refractivity contribution in [2.24, 2.45) is 5.92 Å². The molecule has 1 aliphatic carbocycles. The average Bonchev–Trinajstić information content (AvgIpc) is 2.36. The highest BCUT2D eigenvalue weighted by Crippen LogP contribution is 2.25. The lowest BCUT2D eigenvalue weighted by Gasteiger charge is -2.24. The van der Waals surface area contributed by atoms with Gasteiger partial charge in [-0.2, -0.15) is 0 Å². The molecule has 1 aliphatic rings. The molecule has 0 saturated heterocycles. The molecule has 0 radical (unpaired) electrons. The molecule has 2 rings (SSSR count). The number of benzene rings is 1. The molecule has 1 fully saturated rings. The molecule has 0 unspecified atom stereocenters. The zero-order chi connectivity index (χ0) is 14.5. The van der Waals surface area contributed by atoms with Gasteiger partial charge in [0.15, 0.2) is 17.7 Å². The van der Waals surface area contributed by atoms with Gasteiger partial charge in [0.25, 0.3) is 5.91 Å². The zero-order valence-corrected chi connectivity index (χ0v) is 11.2. The van der Waals surface area contributed by atoms with E-state index in [1.54, 1.807) is 6.07 Å². The Hall–Kier alpha value is -2.11. The van der Waals surface area contributed by atoms with Crippen LogP contribution in [0.25, 0.3) is 0 Å². The summed E-state index contributed by atoms with van der Waals surface area (Å²) in [4.78, 5) is 23.3. The summed E-state index contributed by atoms with van der Waals surface area (Å²) in [5.74, 6) is -1.27. The van der Waals surface area contributed by atoms with E-state index in [2.05, 4.69) is 10.9 Å². The molecule has 5 nitrogen and oxygen atoms in total. The molecule has 0 heterocycles. The molecule has 0 bridgehead atoms. The third-order valence-corrected chi connectivity index (χ3v) is 3.29. The monoisotopic (exact) mass is 280 g/mol. The van der Waals surface area contributed by atoms with E-state index in [0.717, 1.165) is 19.3 Å². The number of para-hydroxylation sites is 1. The number of nitrogens with one attached hydrogen (secondary N) is 2. The van der Waals surface area contributed by atoms with Crippen molar-refractivity contribution in [2.45, 2.75) is 32.3 Å². The van der Waals surface area contributed by atoms with Crippen molar-refractivity contribution in [1.82, 2.24) is 10.9 Å². The van der Waals surface area contributed by atoms with Crippen LogP contribution in [0.1, 0.15) is 26.2 Å².